The Morgan fingerprint density at radius 2 is 2.44 bits per heavy atom. The van der Waals surface area contributed by atoms with E-state index in [2.05, 4.69) is 25.3 Å². The van der Waals surface area contributed by atoms with Gasteiger partial charge < -0.3 is 10.1 Å². The van der Waals surface area contributed by atoms with Gasteiger partial charge in [0.25, 0.3) is 5.91 Å². The van der Waals surface area contributed by atoms with Crippen LogP contribution in [0.3, 0.4) is 0 Å². The third-order valence-electron chi connectivity index (χ3n) is 2.46. The van der Waals surface area contributed by atoms with Crippen molar-refractivity contribution in [1.82, 2.24) is 5.32 Å². The molecule has 2 unspecified atom stereocenters. The van der Waals surface area contributed by atoms with Crippen LogP contribution in [-0.2, 0) is 14.3 Å². The topological polar surface area (TPSA) is 92.5 Å². The summed E-state index contributed by atoms with van der Waals surface area (Å²) < 4.78 is 4.68. The molecule has 0 aromatic heterocycles. The number of hydrogen-bond acceptors (Lipinski definition) is 7. The second-order valence-corrected chi connectivity index (χ2v) is 4.81. The Labute approximate surface area is 108 Å². The third kappa shape index (κ3) is 2.42. The number of amidine groups is 1. The third-order valence-corrected chi connectivity index (χ3v) is 3.70. The van der Waals surface area contributed by atoms with Crippen LogP contribution in [0.5, 0.6) is 0 Å². The molecule has 2 aliphatic rings. The van der Waals surface area contributed by atoms with Crippen LogP contribution >= 0.6 is 11.8 Å². The van der Waals surface area contributed by atoms with E-state index in [-0.39, 0.29) is 11.9 Å². The van der Waals surface area contributed by atoms with Gasteiger partial charge in [-0.1, -0.05) is 18.7 Å². The van der Waals surface area contributed by atoms with Gasteiger partial charge in [-0.05, 0) is 6.42 Å². The van der Waals surface area contributed by atoms with Gasteiger partial charge in [0.15, 0.2) is 11.3 Å². The van der Waals surface area contributed by atoms with Crippen molar-refractivity contribution in [1.29, 1.82) is 0 Å². The summed E-state index contributed by atoms with van der Waals surface area (Å²) in [6, 6.07) is 0. The first-order chi connectivity index (χ1) is 8.65. The molecule has 0 aromatic rings. The molecule has 2 rings (SSSR count). The smallest absolute Gasteiger partial charge is 0.319 e. The molecule has 18 heavy (non-hydrogen) atoms. The molecule has 0 saturated heterocycles. The lowest BCUT2D eigenvalue weighted by Gasteiger charge is -2.19. The first-order valence-electron chi connectivity index (χ1n) is 5.39. The first-order valence-corrected chi connectivity index (χ1v) is 6.27. The van der Waals surface area contributed by atoms with Gasteiger partial charge in [0.05, 0.1) is 18.9 Å². The number of methoxy groups -OCH3 is 1. The molecule has 8 heteroatoms. The van der Waals surface area contributed by atoms with Crippen molar-refractivity contribution in [2.45, 2.75) is 24.8 Å². The minimum Gasteiger partial charge on any atom is -0.468 e. The monoisotopic (exact) mass is 268 g/mol. The number of azo groups is 1. The lowest BCUT2D eigenvalue weighted by molar-refractivity contribution is -0.140. The lowest BCUT2D eigenvalue weighted by atomic mass is 10.2. The van der Waals surface area contributed by atoms with Crippen LogP contribution in [-0.4, -0.2) is 35.6 Å². The minimum absolute atomic E-state index is 0.276. The number of hydrogen-bond donors (Lipinski definition) is 1. The molecule has 2 heterocycles. The molecule has 0 radical (unpaired) electrons. The summed E-state index contributed by atoms with van der Waals surface area (Å²) in [7, 11) is 1.33. The predicted molar refractivity (Wildman–Crippen MR) is 66.0 cm³/mol. The fourth-order valence-corrected chi connectivity index (χ4v) is 2.44. The molecule has 2 aliphatic heterocycles. The van der Waals surface area contributed by atoms with Gasteiger partial charge >= 0.3 is 5.97 Å². The average molecular weight is 268 g/mol. The summed E-state index contributed by atoms with van der Waals surface area (Å²) in [6.45, 7) is 1.86. The van der Waals surface area contributed by atoms with Gasteiger partial charge in [0.2, 0.25) is 0 Å². The molecule has 0 aliphatic carbocycles. The lowest BCUT2D eigenvalue weighted by Crippen LogP contribution is -2.39. The van der Waals surface area contributed by atoms with Crippen LogP contribution in [0, 0.1) is 0 Å². The summed E-state index contributed by atoms with van der Waals surface area (Å²) >= 11 is 1.17. The summed E-state index contributed by atoms with van der Waals surface area (Å²) in [6.07, 6.45) is 1.40. The number of nitrogens with zero attached hydrogens (tertiary/aromatic N) is 3. The zero-order valence-corrected chi connectivity index (χ0v) is 10.7. The maximum absolute atomic E-state index is 11.7. The Hall–Kier alpha value is -1.70. The summed E-state index contributed by atoms with van der Waals surface area (Å²) in [5, 5.41) is 10.1. The molecule has 1 amide bonds. The summed E-state index contributed by atoms with van der Waals surface area (Å²) in [4.78, 5) is 27.4. The second-order valence-electron chi connectivity index (χ2n) is 3.62. The number of thioether (sulfide) groups is 1. The fourth-order valence-electron chi connectivity index (χ4n) is 1.50. The van der Waals surface area contributed by atoms with E-state index in [0.29, 0.717) is 17.2 Å². The van der Waals surface area contributed by atoms with Crippen molar-refractivity contribution in [2.24, 2.45) is 15.2 Å². The maximum Gasteiger partial charge on any atom is 0.319 e. The Morgan fingerprint density at radius 1 is 1.67 bits per heavy atom. The predicted octanol–water partition coefficient (Wildman–Crippen LogP) is 0.833. The van der Waals surface area contributed by atoms with Crippen LogP contribution in [0.25, 0.3) is 0 Å². The fraction of sp³-hybridized carbons (Fsp3) is 0.500. The molecule has 7 nitrogen and oxygen atoms in total. The van der Waals surface area contributed by atoms with Gasteiger partial charge in [-0.15, -0.1) is 0 Å². The molecular formula is C10H12N4O3S. The minimum atomic E-state index is -0.573. The molecule has 0 spiro atoms. The molecule has 0 aromatic carbocycles. The van der Waals surface area contributed by atoms with Gasteiger partial charge in [-0.25, -0.2) is 4.99 Å². The largest absolute Gasteiger partial charge is 0.468 e. The number of ether oxygens (including phenoxy) is 1. The van der Waals surface area contributed by atoms with E-state index in [4.69, 9.17) is 0 Å². The molecule has 0 saturated carbocycles. The molecule has 2 atom stereocenters. The van der Waals surface area contributed by atoms with E-state index >= 15 is 0 Å². The first kappa shape index (κ1) is 12.7. The van der Waals surface area contributed by atoms with Crippen molar-refractivity contribution < 1.29 is 14.3 Å². The van der Waals surface area contributed by atoms with Crippen molar-refractivity contribution >= 4 is 28.8 Å². The SMILES string of the molecule is CCC(SC1=NC2N=NC=C2C(=O)N1)C(=O)OC. The highest BCUT2D eigenvalue weighted by Gasteiger charge is 2.31. The van der Waals surface area contributed by atoms with E-state index in [1.54, 1.807) is 0 Å². The standard InChI is InChI=1S/C10H12N4O3S/c1-3-6(9(16)17-2)18-10-12-7-5(4-11-14-7)8(15)13-10/h4,6-7H,3H2,1-2H3,(H,12,13,15). The number of esters is 1. The zero-order valence-electron chi connectivity index (χ0n) is 9.91. The number of carbonyl (C=O) groups excluding carboxylic acids is 2. The van der Waals surface area contributed by atoms with Crippen molar-refractivity contribution in [3.8, 4) is 0 Å². The Morgan fingerprint density at radius 3 is 3.11 bits per heavy atom. The van der Waals surface area contributed by atoms with E-state index in [1.165, 1.54) is 25.1 Å². The maximum atomic E-state index is 11.7. The average Bonchev–Trinajstić information content (AvgIpc) is 2.83. The van der Waals surface area contributed by atoms with E-state index in [0.717, 1.165) is 0 Å². The van der Waals surface area contributed by atoms with E-state index in [1.807, 2.05) is 6.92 Å². The summed E-state index contributed by atoms with van der Waals surface area (Å²) in [5.41, 5.74) is 0.422. The number of rotatable bonds is 3. The molecule has 96 valence electrons. The van der Waals surface area contributed by atoms with Gasteiger partial charge in [0, 0.05) is 0 Å². The van der Waals surface area contributed by atoms with E-state index in [9.17, 15) is 9.59 Å². The van der Waals surface area contributed by atoms with E-state index < -0.39 is 11.4 Å². The molecule has 0 bridgehead atoms. The number of fused-ring (bicyclic) bond motifs is 1. The van der Waals surface area contributed by atoms with Crippen LogP contribution in [0.1, 0.15) is 13.3 Å². The Balaban J connectivity index is 2.10. The van der Waals surface area contributed by atoms with Crippen LogP contribution in [0.15, 0.2) is 27.0 Å². The number of nitrogens with one attached hydrogen (secondary N) is 1. The normalized spacial score (nSPS) is 22.8. The van der Waals surface area contributed by atoms with Gasteiger partial charge in [-0.2, -0.15) is 10.2 Å². The highest BCUT2D eigenvalue weighted by molar-refractivity contribution is 8.15. The van der Waals surface area contributed by atoms with Crippen molar-refractivity contribution in [2.75, 3.05) is 7.11 Å². The second kappa shape index (κ2) is 5.30. The number of carbonyl (C=O) groups is 2. The van der Waals surface area contributed by atoms with Crippen LogP contribution in [0.4, 0.5) is 0 Å². The van der Waals surface area contributed by atoms with Crippen LogP contribution in [0.2, 0.25) is 0 Å². The van der Waals surface area contributed by atoms with Crippen molar-refractivity contribution in [3.63, 3.8) is 0 Å². The number of aliphatic imine (C=N–C) groups is 1. The Kier molecular flexibility index (Phi) is 3.75. The number of amides is 1. The highest BCUT2D eigenvalue weighted by atomic mass is 32.2. The molecule has 1 N–H and O–H groups in total. The molecule has 0 fully saturated rings. The quantitative estimate of drug-likeness (QED) is 0.767. The summed E-state index contributed by atoms with van der Waals surface area (Å²) in [5.74, 6) is -0.615. The van der Waals surface area contributed by atoms with Gasteiger partial charge in [-0.3, -0.25) is 9.59 Å². The molecular weight excluding hydrogens is 256 g/mol. The van der Waals surface area contributed by atoms with Gasteiger partial charge in [0.1, 0.15) is 5.25 Å². The zero-order chi connectivity index (χ0) is 13.1. The van der Waals surface area contributed by atoms with Crippen molar-refractivity contribution in [3.05, 3.63) is 11.8 Å². The highest BCUT2D eigenvalue weighted by Crippen LogP contribution is 2.25. The van der Waals surface area contributed by atoms with Crippen LogP contribution < -0.4 is 5.32 Å². The Bertz CT molecular complexity index is 472.